The summed E-state index contributed by atoms with van der Waals surface area (Å²) in [7, 11) is 0. The predicted molar refractivity (Wildman–Crippen MR) is 111 cm³/mol. The number of hydrogen-bond acceptors (Lipinski definition) is 6. The second-order valence-corrected chi connectivity index (χ2v) is 9.72. The van der Waals surface area contributed by atoms with Crippen molar-refractivity contribution in [2.45, 2.75) is 36.1 Å². The Kier molecular flexibility index (Phi) is 4.82. The van der Waals surface area contributed by atoms with E-state index in [-0.39, 0.29) is 23.7 Å². The summed E-state index contributed by atoms with van der Waals surface area (Å²) in [5, 5.41) is 16.3. The molecule has 0 bridgehead atoms. The highest BCUT2D eigenvalue weighted by Crippen LogP contribution is 2.50. The molecule has 2 fully saturated rings. The van der Waals surface area contributed by atoms with Gasteiger partial charge in [0.15, 0.2) is 0 Å². The number of fused-ring (bicyclic) bond motifs is 2. The highest BCUT2D eigenvalue weighted by molar-refractivity contribution is 8.01. The molecule has 0 radical (unpaired) electrons. The van der Waals surface area contributed by atoms with E-state index in [1.165, 1.54) is 16.7 Å². The number of carbonyl (C=O) groups excluding carboxylic acids is 2. The lowest BCUT2D eigenvalue weighted by Gasteiger charge is -2.43. The number of amides is 2. The van der Waals surface area contributed by atoms with Crippen LogP contribution in [-0.4, -0.2) is 61.5 Å². The van der Waals surface area contributed by atoms with Crippen molar-refractivity contribution in [3.63, 3.8) is 0 Å². The standard InChI is InChI=1S/C19H19ClN4O4S/c1-19(2)15(18(27)28)24-16(26)14(17(24)29-19)23-13(25)8-22-11-5-6-21-12-7-9(20)3-4-10(11)12/h3-7,14-15,17H,8H2,1-2H3,(H,21,22)(H,23,25)(H,27,28)/t14-,15+,17?/m1/s1. The Morgan fingerprint density at radius 3 is 2.83 bits per heavy atom. The van der Waals surface area contributed by atoms with Crippen LogP contribution in [0.25, 0.3) is 10.9 Å². The molecule has 2 aliphatic rings. The molecule has 29 heavy (non-hydrogen) atoms. The number of aliphatic carboxylic acids is 1. The third-order valence-electron chi connectivity index (χ3n) is 5.14. The van der Waals surface area contributed by atoms with E-state index in [0.717, 1.165) is 11.1 Å². The maximum absolute atomic E-state index is 12.5. The zero-order valence-electron chi connectivity index (χ0n) is 15.7. The van der Waals surface area contributed by atoms with Crippen LogP contribution in [-0.2, 0) is 14.4 Å². The molecule has 152 valence electrons. The molecule has 2 amide bonds. The van der Waals surface area contributed by atoms with Crippen LogP contribution >= 0.6 is 23.4 Å². The molecule has 1 aromatic heterocycles. The van der Waals surface area contributed by atoms with E-state index in [9.17, 15) is 19.5 Å². The molecule has 3 heterocycles. The van der Waals surface area contributed by atoms with Crippen LogP contribution in [0.15, 0.2) is 30.5 Å². The lowest BCUT2D eigenvalue weighted by Crippen LogP contribution is -2.70. The van der Waals surface area contributed by atoms with Crippen LogP contribution in [0.1, 0.15) is 13.8 Å². The number of thioether (sulfide) groups is 1. The summed E-state index contributed by atoms with van der Waals surface area (Å²) in [6.07, 6.45) is 1.62. The van der Waals surface area contributed by atoms with Gasteiger partial charge in [-0.05, 0) is 38.1 Å². The molecular formula is C19H19ClN4O4S. The summed E-state index contributed by atoms with van der Waals surface area (Å²) in [6.45, 7) is 3.56. The summed E-state index contributed by atoms with van der Waals surface area (Å²) >= 11 is 7.38. The highest BCUT2D eigenvalue weighted by Gasteiger charge is 2.64. The van der Waals surface area contributed by atoms with Crippen molar-refractivity contribution in [3.8, 4) is 0 Å². The zero-order valence-corrected chi connectivity index (χ0v) is 17.3. The van der Waals surface area contributed by atoms with Gasteiger partial charge in [0.25, 0.3) is 0 Å². The SMILES string of the molecule is CC1(C)SC2[C@H](NC(=O)CNc3ccnc4cc(Cl)ccc34)C(=O)N2[C@H]1C(=O)O. The minimum Gasteiger partial charge on any atom is -0.480 e. The minimum atomic E-state index is -1.03. The van der Waals surface area contributed by atoms with E-state index in [4.69, 9.17) is 11.6 Å². The van der Waals surface area contributed by atoms with Crippen molar-refractivity contribution < 1.29 is 19.5 Å². The summed E-state index contributed by atoms with van der Waals surface area (Å²) < 4.78 is -0.624. The minimum absolute atomic E-state index is 0.0331. The van der Waals surface area contributed by atoms with Gasteiger partial charge >= 0.3 is 5.97 Å². The van der Waals surface area contributed by atoms with Crippen molar-refractivity contribution in [1.82, 2.24) is 15.2 Å². The molecule has 4 rings (SSSR count). The first kappa shape index (κ1) is 19.8. The fraction of sp³-hybridized carbons (Fsp3) is 0.368. The van der Waals surface area contributed by atoms with Crippen molar-refractivity contribution in [3.05, 3.63) is 35.5 Å². The zero-order chi connectivity index (χ0) is 20.9. The molecule has 3 N–H and O–H groups in total. The van der Waals surface area contributed by atoms with E-state index in [0.29, 0.717) is 10.5 Å². The molecule has 1 aromatic carbocycles. The van der Waals surface area contributed by atoms with Gasteiger partial charge in [0.05, 0.1) is 12.1 Å². The fourth-order valence-corrected chi connectivity index (χ4v) is 5.61. The summed E-state index contributed by atoms with van der Waals surface area (Å²) in [5.74, 6) is -1.74. The largest absolute Gasteiger partial charge is 0.480 e. The number of hydrogen-bond donors (Lipinski definition) is 3. The van der Waals surface area contributed by atoms with Gasteiger partial charge in [-0.15, -0.1) is 11.8 Å². The molecule has 1 unspecified atom stereocenters. The monoisotopic (exact) mass is 434 g/mol. The number of nitrogens with one attached hydrogen (secondary N) is 2. The van der Waals surface area contributed by atoms with Crippen molar-refractivity contribution in [1.29, 1.82) is 0 Å². The number of rotatable bonds is 5. The second kappa shape index (κ2) is 7.07. The van der Waals surface area contributed by atoms with Crippen LogP contribution < -0.4 is 10.6 Å². The Morgan fingerprint density at radius 2 is 2.10 bits per heavy atom. The van der Waals surface area contributed by atoms with Gasteiger partial charge in [0.1, 0.15) is 17.5 Å². The number of anilines is 1. The quantitative estimate of drug-likeness (QED) is 0.616. The molecule has 2 aromatic rings. The Morgan fingerprint density at radius 1 is 1.34 bits per heavy atom. The molecule has 0 saturated carbocycles. The number of carboxylic acids is 1. The number of pyridine rings is 1. The number of carboxylic acid groups (broad SMARTS) is 1. The van der Waals surface area contributed by atoms with Gasteiger partial charge in [-0.2, -0.15) is 0 Å². The van der Waals surface area contributed by atoms with Crippen molar-refractivity contribution in [2.75, 3.05) is 11.9 Å². The molecule has 3 atom stereocenters. The van der Waals surface area contributed by atoms with E-state index in [1.807, 2.05) is 6.07 Å². The number of halogens is 1. The lowest BCUT2D eigenvalue weighted by molar-refractivity contribution is -0.161. The first-order valence-corrected chi connectivity index (χ1v) is 10.2. The maximum Gasteiger partial charge on any atom is 0.327 e. The number of nitrogens with zero attached hydrogens (tertiary/aromatic N) is 2. The Labute approximate surface area is 176 Å². The molecular weight excluding hydrogens is 416 g/mol. The maximum atomic E-state index is 12.5. The van der Waals surface area contributed by atoms with E-state index in [1.54, 1.807) is 38.2 Å². The second-order valence-electron chi connectivity index (χ2n) is 7.52. The average molecular weight is 435 g/mol. The van der Waals surface area contributed by atoms with Gasteiger partial charge in [0.2, 0.25) is 11.8 Å². The number of aromatic nitrogens is 1. The lowest BCUT2D eigenvalue weighted by atomic mass is 9.96. The van der Waals surface area contributed by atoms with Gasteiger partial charge in [-0.1, -0.05) is 11.6 Å². The number of β-lactam (4-membered cyclic amide) rings is 1. The molecule has 0 spiro atoms. The number of carbonyl (C=O) groups is 3. The molecule has 2 aliphatic heterocycles. The van der Waals surface area contributed by atoms with Crippen molar-refractivity contribution in [2.24, 2.45) is 0 Å². The Bertz CT molecular complexity index is 1030. The first-order valence-electron chi connectivity index (χ1n) is 8.99. The molecule has 10 heteroatoms. The molecule has 0 aliphatic carbocycles. The van der Waals surface area contributed by atoms with Gasteiger partial charge in [0, 0.05) is 27.0 Å². The van der Waals surface area contributed by atoms with Crippen LogP contribution in [0, 0.1) is 0 Å². The van der Waals surface area contributed by atoms with Gasteiger partial charge in [-0.25, -0.2) is 4.79 Å². The van der Waals surface area contributed by atoms with Crippen LogP contribution in [0.2, 0.25) is 5.02 Å². The molecule has 2 saturated heterocycles. The predicted octanol–water partition coefficient (Wildman–Crippen LogP) is 1.93. The number of benzene rings is 1. The highest BCUT2D eigenvalue weighted by atomic mass is 35.5. The van der Waals surface area contributed by atoms with Crippen molar-refractivity contribution >= 4 is 57.7 Å². The average Bonchev–Trinajstić information content (AvgIpc) is 2.92. The van der Waals surface area contributed by atoms with E-state index in [2.05, 4.69) is 15.6 Å². The van der Waals surface area contributed by atoms with Crippen LogP contribution in [0.5, 0.6) is 0 Å². The van der Waals surface area contributed by atoms with E-state index < -0.39 is 22.8 Å². The van der Waals surface area contributed by atoms with Gasteiger partial charge < -0.3 is 20.6 Å². The Balaban J connectivity index is 1.41. The van der Waals surface area contributed by atoms with E-state index >= 15 is 0 Å². The summed E-state index contributed by atoms with van der Waals surface area (Å²) in [5.41, 5.74) is 1.43. The van der Waals surface area contributed by atoms with Crippen LogP contribution in [0.4, 0.5) is 5.69 Å². The van der Waals surface area contributed by atoms with Gasteiger partial charge in [-0.3, -0.25) is 14.6 Å². The molecule has 8 nitrogen and oxygen atoms in total. The summed E-state index contributed by atoms with van der Waals surface area (Å²) in [6, 6.07) is 5.45. The Hall–Kier alpha value is -2.52. The first-order chi connectivity index (χ1) is 13.7. The van der Waals surface area contributed by atoms with Crippen LogP contribution in [0.3, 0.4) is 0 Å². The smallest absolute Gasteiger partial charge is 0.327 e. The third kappa shape index (κ3) is 3.38. The topological polar surface area (TPSA) is 112 Å². The third-order valence-corrected chi connectivity index (χ3v) is 6.94. The fourth-order valence-electron chi connectivity index (χ4n) is 3.82. The normalized spacial score (nSPS) is 24.7. The summed E-state index contributed by atoms with van der Waals surface area (Å²) in [4.78, 5) is 42.0.